The van der Waals surface area contributed by atoms with Gasteiger partial charge in [-0.1, -0.05) is 61.5 Å². The lowest BCUT2D eigenvalue weighted by molar-refractivity contribution is -0.136. The van der Waals surface area contributed by atoms with Crippen molar-refractivity contribution in [2.45, 2.75) is 57.7 Å². The molecule has 2 amide bonds. The van der Waals surface area contributed by atoms with Crippen LogP contribution in [0.25, 0.3) is 22.3 Å². The van der Waals surface area contributed by atoms with Crippen LogP contribution < -0.4 is 10.9 Å². The fourth-order valence-corrected chi connectivity index (χ4v) is 5.61. The molecule has 0 unspecified atom stereocenters. The van der Waals surface area contributed by atoms with Crippen molar-refractivity contribution in [1.82, 2.24) is 29.5 Å². The van der Waals surface area contributed by atoms with Crippen molar-refractivity contribution in [3.05, 3.63) is 82.4 Å². The molecular weight excluding hydrogens is 548 g/mol. The number of ether oxygens (including phenoxy) is 1. The van der Waals surface area contributed by atoms with Crippen LogP contribution in [0.15, 0.2) is 65.7 Å². The fourth-order valence-electron chi connectivity index (χ4n) is 5.61. The summed E-state index contributed by atoms with van der Waals surface area (Å²) in [7, 11) is 1.76. The van der Waals surface area contributed by atoms with Crippen LogP contribution in [0, 0.1) is 0 Å². The molecule has 226 valence electrons. The molecular formula is C32H38N6O5. The molecule has 0 saturated carbocycles. The maximum absolute atomic E-state index is 13.4. The number of carbonyl (C=O) groups excluding carboxylic acids is 2. The lowest BCUT2D eigenvalue weighted by atomic mass is 9.90. The lowest BCUT2D eigenvalue weighted by Crippen LogP contribution is -2.49. The normalized spacial score (nSPS) is 15.3. The first-order valence-corrected chi connectivity index (χ1v) is 14.6. The minimum atomic E-state index is -1.13. The van der Waals surface area contributed by atoms with Crippen molar-refractivity contribution in [1.29, 1.82) is 0 Å². The second-order valence-electron chi connectivity index (χ2n) is 11.2. The van der Waals surface area contributed by atoms with Crippen LogP contribution >= 0.6 is 0 Å². The number of piperidine rings is 1. The molecule has 2 N–H and O–H groups in total. The van der Waals surface area contributed by atoms with Crippen LogP contribution in [0.1, 0.15) is 50.2 Å². The number of rotatable bonds is 9. The predicted molar refractivity (Wildman–Crippen MR) is 162 cm³/mol. The molecule has 4 aromatic rings. The molecule has 3 heterocycles. The summed E-state index contributed by atoms with van der Waals surface area (Å²) in [5.41, 5.74) is 2.78. The maximum atomic E-state index is 13.4. The van der Waals surface area contributed by atoms with Gasteiger partial charge in [-0.2, -0.15) is 5.10 Å². The number of aryl methyl sites for hydroxylation is 1. The van der Waals surface area contributed by atoms with Gasteiger partial charge in [-0.15, -0.1) is 0 Å². The number of benzene rings is 2. The van der Waals surface area contributed by atoms with E-state index in [1.807, 2.05) is 61.5 Å². The van der Waals surface area contributed by atoms with Gasteiger partial charge in [-0.05, 0) is 36.8 Å². The Balaban J connectivity index is 1.24. The molecule has 1 aliphatic rings. The Labute approximate surface area is 250 Å². The molecule has 1 saturated heterocycles. The number of likely N-dealkylation sites (tertiary alicyclic amines) is 1. The Bertz CT molecular complexity index is 1640. The van der Waals surface area contributed by atoms with Gasteiger partial charge in [0.2, 0.25) is 5.91 Å². The largest absolute Gasteiger partial charge is 0.450 e. The zero-order valence-electron chi connectivity index (χ0n) is 24.8. The summed E-state index contributed by atoms with van der Waals surface area (Å²) < 4.78 is 7.94. The van der Waals surface area contributed by atoms with Gasteiger partial charge in [0.15, 0.2) is 5.52 Å². The first-order valence-electron chi connectivity index (χ1n) is 14.6. The molecule has 0 bridgehead atoms. The van der Waals surface area contributed by atoms with E-state index < -0.39 is 11.7 Å². The average molecular weight is 587 g/mol. The maximum Gasteiger partial charge on any atom is 0.407 e. The summed E-state index contributed by atoms with van der Waals surface area (Å²) >= 11 is 0. The van der Waals surface area contributed by atoms with Crippen LogP contribution in [0.4, 0.5) is 4.79 Å². The summed E-state index contributed by atoms with van der Waals surface area (Å²) in [4.78, 5) is 44.3. The standard InChI is InChI=1S/C32H38N6O5/c1-4-43-31(41)33-19-23-10-12-25(13-11-23)29-27-28(35-36(29)3)30(40)38(21-34-27)20-32(42)14-16-37(17-15-32)26(39)18-22(2)24-8-6-5-7-9-24/h5-13,21-22,42H,4,14-20H2,1-3H3,(H,33,41)/t22-/m1/s1. The number of nitrogens with one attached hydrogen (secondary N) is 1. The zero-order chi connectivity index (χ0) is 30.6. The van der Waals surface area contributed by atoms with Crippen LogP contribution in [0.3, 0.4) is 0 Å². The van der Waals surface area contributed by atoms with Gasteiger partial charge >= 0.3 is 6.09 Å². The molecule has 11 heteroatoms. The predicted octanol–water partition coefficient (Wildman–Crippen LogP) is 3.59. The molecule has 1 aliphatic heterocycles. The van der Waals surface area contributed by atoms with E-state index in [1.54, 1.807) is 23.6 Å². The number of fused-ring (bicyclic) bond motifs is 1. The smallest absolute Gasteiger partial charge is 0.407 e. The van der Waals surface area contributed by atoms with Crippen molar-refractivity contribution in [3.8, 4) is 11.3 Å². The number of alkyl carbamates (subject to hydrolysis) is 1. The molecule has 2 aromatic carbocycles. The number of carbonyl (C=O) groups is 2. The van der Waals surface area contributed by atoms with E-state index in [-0.39, 0.29) is 29.4 Å². The summed E-state index contributed by atoms with van der Waals surface area (Å²) in [5, 5.41) is 18.5. The summed E-state index contributed by atoms with van der Waals surface area (Å²) in [5.74, 6) is 0.184. The highest BCUT2D eigenvalue weighted by molar-refractivity contribution is 5.89. The lowest BCUT2D eigenvalue weighted by Gasteiger charge is -2.38. The van der Waals surface area contributed by atoms with Gasteiger partial charge < -0.3 is 20.1 Å². The minimum absolute atomic E-state index is 0.0722. The third kappa shape index (κ3) is 6.77. The Morgan fingerprint density at radius 3 is 2.44 bits per heavy atom. The van der Waals surface area contributed by atoms with E-state index in [4.69, 9.17) is 4.74 Å². The SMILES string of the molecule is CCOC(=O)NCc1ccc(-c2c3ncn(CC4(O)CCN(C(=O)C[C@@H](C)c5ccccc5)CC4)c(=O)c3nn2C)cc1. The summed E-state index contributed by atoms with van der Waals surface area (Å²) in [6, 6.07) is 17.5. The van der Waals surface area contributed by atoms with Gasteiger partial charge in [0.25, 0.3) is 5.56 Å². The summed E-state index contributed by atoms with van der Waals surface area (Å²) in [6.07, 6.45) is 2.14. The van der Waals surface area contributed by atoms with Gasteiger partial charge in [0.1, 0.15) is 5.52 Å². The summed E-state index contributed by atoms with van der Waals surface area (Å²) in [6.45, 7) is 5.37. The van der Waals surface area contributed by atoms with Gasteiger partial charge in [-0.25, -0.2) is 9.78 Å². The molecule has 43 heavy (non-hydrogen) atoms. The zero-order valence-corrected chi connectivity index (χ0v) is 24.8. The van der Waals surface area contributed by atoms with E-state index in [2.05, 4.69) is 15.4 Å². The van der Waals surface area contributed by atoms with Gasteiger partial charge in [0, 0.05) is 38.7 Å². The first-order chi connectivity index (χ1) is 20.7. The average Bonchev–Trinajstić information content (AvgIpc) is 3.35. The van der Waals surface area contributed by atoms with E-state index in [9.17, 15) is 19.5 Å². The van der Waals surface area contributed by atoms with Crippen molar-refractivity contribution >= 4 is 23.0 Å². The molecule has 1 fully saturated rings. The number of amides is 2. The number of nitrogens with zero attached hydrogens (tertiary/aromatic N) is 5. The number of aliphatic hydroxyl groups is 1. The highest BCUT2D eigenvalue weighted by atomic mass is 16.5. The van der Waals surface area contributed by atoms with E-state index in [1.165, 1.54) is 10.9 Å². The highest BCUT2D eigenvalue weighted by Gasteiger charge is 2.35. The number of hydrogen-bond donors (Lipinski definition) is 2. The number of aromatic nitrogens is 4. The van der Waals surface area contributed by atoms with Crippen LogP contribution in [-0.2, 0) is 29.7 Å². The van der Waals surface area contributed by atoms with Crippen molar-refractivity contribution in [2.75, 3.05) is 19.7 Å². The minimum Gasteiger partial charge on any atom is -0.450 e. The van der Waals surface area contributed by atoms with E-state index in [0.717, 1.165) is 16.7 Å². The third-order valence-corrected chi connectivity index (χ3v) is 8.11. The Morgan fingerprint density at radius 1 is 1.07 bits per heavy atom. The van der Waals surface area contributed by atoms with Crippen molar-refractivity contribution in [2.24, 2.45) is 7.05 Å². The third-order valence-electron chi connectivity index (χ3n) is 8.11. The van der Waals surface area contributed by atoms with Gasteiger partial charge in [0.05, 0.1) is 30.8 Å². The van der Waals surface area contributed by atoms with Crippen LogP contribution in [0.5, 0.6) is 0 Å². The van der Waals surface area contributed by atoms with E-state index in [0.29, 0.717) is 56.7 Å². The first kappa shape index (κ1) is 30.0. The molecule has 1 atom stereocenters. The molecule has 0 aliphatic carbocycles. The topological polar surface area (TPSA) is 132 Å². The quantitative estimate of drug-likeness (QED) is 0.306. The fraction of sp³-hybridized carbons (Fsp3) is 0.406. The van der Waals surface area contributed by atoms with E-state index >= 15 is 0 Å². The monoisotopic (exact) mass is 586 g/mol. The highest BCUT2D eigenvalue weighted by Crippen LogP contribution is 2.28. The molecule has 0 radical (unpaired) electrons. The number of hydrogen-bond acceptors (Lipinski definition) is 7. The molecule has 11 nitrogen and oxygen atoms in total. The second kappa shape index (κ2) is 12.8. The molecule has 2 aromatic heterocycles. The Kier molecular flexibility index (Phi) is 8.91. The second-order valence-corrected chi connectivity index (χ2v) is 11.2. The van der Waals surface area contributed by atoms with Crippen LogP contribution in [0.2, 0.25) is 0 Å². The van der Waals surface area contributed by atoms with Crippen molar-refractivity contribution in [3.63, 3.8) is 0 Å². The Morgan fingerprint density at radius 2 is 1.77 bits per heavy atom. The molecule has 0 spiro atoms. The Hall–Kier alpha value is -4.51. The molecule has 5 rings (SSSR count). The van der Waals surface area contributed by atoms with Gasteiger partial charge in [-0.3, -0.25) is 18.8 Å². The van der Waals surface area contributed by atoms with Crippen molar-refractivity contribution < 1.29 is 19.4 Å². The van der Waals surface area contributed by atoms with Crippen LogP contribution in [-0.4, -0.2) is 66.6 Å².